The number of hydrogen-bond donors (Lipinski definition) is 0. The maximum absolute atomic E-state index is 12.8. The van der Waals surface area contributed by atoms with Crippen LogP contribution < -0.4 is 0 Å². The van der Waals surface area contributed by atoms with Gasteiger partial charge in [-0.1, -0.05) is 17.7 Å². The van der Waals surface area contributed by atoms with Crippen LogP contribution in [-0.2, 0) is 19.2 Å². The monoisotopic (exact) mass is 396 g/mol. The predicted octanol–water partition coefficient (Wildman–Crippen LogP) is 2.91. The normalized spacial score (nSPS) is 18.4. The van der Waals surface area contributed by atoms with Crippen molar-refractivity contribution in [3.8, 4) is 6.07 Å². The van der Waals surface area contributed by atoms with Gasteiger partial charge in [0.25, 0.3) is 0 Å². The van der Waals surface area contributed by atoms with E-state index in [1.54, 1.807) is 24.3 Å². The third-order valence-electron chi connectivity index (χ3n) is 4.39. The maximum Gasteiger partial charge on any atom is 0.243 e. The Morgan fingerprint density at radius 3 is 2.23 bits per heavy atom. The van der Waals surface area contributed by atoms with E-state index in [-0.39, 0.29) is 18.0 Å². The van der Waals surface area contributed by atoms with E-state index in [2.05, 4.69) is 25.7 Å². The molecule has 26 heavy (non-hydrogen) atoms. The number of ether oxygens (including phenoxy) is 1. The molecule has 144 valence electrons. The largest absolute Gasteiger partial charge is 0.415 e. The lowest BCUT2D eigenvalue weighted by molar-refractivity contribution is -0.0439. The molecule has 0 N–H and O–H groups in total. The van der Waals surface area contributed by atoms with Gasteiger partial charge in [-0.15, -0.1) is 0 Å². The molecule has 1 aliphatic rings. The van der Waals surface area contributed by atoms with E-state index in [1.807, 2.05) is 6.92 Å². The number of nitrogens with zero attached hydrogens (tertiary/aromatic N) is 2. The molecule has 0 atom stereocenters. The molecular formula is C18H28N2O4SSi. The van der Waals surface area contributed by atoms with Gasteiger partial charge in [-0.3, -0.25) is 0 Å². The Kier molecular flexibility index (Phi) is 6.63. The summed E-state index contributed by atoms with van der Waals surface area (Å²) in [5.74, 6) is 0. The Bertz CT molecular complexity index is 743. The van der Waals surface area contributed by atoms with Gasteiger partial charge >= 0.3 is 0 Å². The zero-order chi connectivity index (χ0) is 19.4. The smallest absolute Gasteiger partial charge is 0.243 e. The SMILES string of the molecule is Cc1ccc(S(=O)(=O)N2CCC(C#N)(OCCO[Si](C)(C)C)CC2)cc1. The lowest BCUT2D eigenvalue weighted by atomic mass is 9.94. The molecule has 1 aromatic rings. The van der Waals surface area contributed by atoms with Crippen LogP contribution in [0.15, 0.2) is 29.2 Å². The van der Waals surface area contributed by atoms with Gasteiger partial charge in [-0.25, -0.2) is 8.42 Å². The van der Waals surface area contributed by atoms with E-state index in [1.165, 1.54) is 4.31 Å². The molecule has 0 bridgehead atoms. The van der Waals surface area contributed by atoms with Crippen LogP contribution in [0.25, 0.3) is 0 Å². The topological polar surface area (TPSA) is 79.6 Å². The number of aryl methyl sites for hydroxylation is 1. The van der Waals surface area contributed by atoms with Crippen LogP contribution in [-0.4, -0.2) is 52.9 Å². The molecule has 0 aliphatic carbocycles. The van der Waals surface area contributed by atoms with Crippen molar-refractivity contribution in [2.45, 2.75) is 49.9 Å². The molecule has 0 aromatic heterocycles. The molecule has 2 rings (SSSR count). The standard InChI is InChI=1S/C18H28N2O4SSi/c1-16-5-7-17(8-6-16)25(21,22)20-11-9-18(15-19,10-12-20)23-13-14-24-26(2,3)4/h5-8H,9-14H2,1-4H3. The highest BCUT2D eigenvalue weighted by atomic mass is 32.2. The molecule has 0 radical (unpaired) electrons. The van der Waals surface area contributed by atoms with Crippen LogP contribution in [0.2, 0.25) is 19.6 Å². The second-order valence-electron chi connectivity index (χ2n) is 7.63. The van der Waals surface area contributed by atoms with Crippen molar-refractivity contribution in [2.24, 2.45) is 0 Å². The fourth-order valence-electron chi connectivity index (χ4n) is 2.82. The van der Waals surface area contributed by atoms with Crippen molar-refractivity contribution in [1.29, 1.82) is 5.26 Å². The molecular weight excluding hydrogens is 368 g/mol. The van der Waals surface area contributed by atoms with Crippen LogP contribution in [0.5, 0.6) is 0 Å². The molecule has 6 nitrogen and oxygen atoms in total. The highest BCUT2D eigenvalue weighted by Crippen LogP contribution is 2.29. The van der Waals surface area contributed by atoms with Crippen LogP contribution in [0, 0.1) is 18.3 Å². The lowest BCUT2D eigenvalue weighted by Crippen LogP contribution is -2.47. The van der Waals surface area contributed by atoms with E-state index in [4.69, 9.17) is 9.16 Å². The molecule has 8 heteroatoms. The van der Waals surface area contributed by atoms with E-state index in [9.17, 15) is 13.7 Å². The highest BCUT2D eigenvalue weighted by Gasteiger charge is 2.39. The summed E-state index contributed by atoms with van der Waals surface area (Å²) in [6, 6.07) is 9.08. The first-order valence-corrected chi connectivity index (χ1v) is 13.7. The minimum atomic E-state index is -3.53. The second kappa shape index (κ2) is 8.19. The van der Waals surface area contributed by atoms with Gasteiger partial charge in [-0.05, 0) is 38.7 Å². The molecule has 1 saturated heterocycles. The van der Waals surface area contributed by atoms with Crippen molar-refractivity contribution < 1.29 is 17.6 Å². The molecule has 1 fully saturated rings. The Hall–Kier alpha value is -1.24. The van der Waals surface area contributed by atoms with Gasteiger partial charge in [0.15, 0.2) is 13.9 Å². The van der Waals surface area contributed by atoms with Gasteiger partial charge in [0.05, 0.1) is 24.2 Å². The Balaban J connectivity index is 1.95. The van der Waals surface area contributed by atoms with E-state index >= 15 is 0 Å². The third-order valence-corrected chi connectivity index (χ3v) is 7.37. The molecule has 0 unspecified atom stereocenters. The van der Waals surface area contributed by atoms with Crippen molar-refractivity contribution in [3.05, 3.63) is 29.8 Å². The Morgan fingerprint density at radius 1 is 1.15 bits per heavy atom. The maximum atomic E-state index is 12.8. The van der Waals surface area contributed by atoms with E-state index in [0.29, 0.717) is 26.1 Å². The molecule has 0 spiro atoms. The van der Waals surface area contributed by atoms with Gasteiger partial charge in [0.2, 0.25) is 10.0 Å². The van der Waals surface area contributed by atoms with Crippen molar-refractivity contribution in [3.63, 3.8) is 0 Å². The summed E-state index contributed by atoms with van der Waals surface area (Å²) in [4.78, 5) is 0.289. The number of benzene rings is 1. The first-order chi connectivity index (χ1) is 12.1. The number of nitriles is 1. The predicted molar refractivity (Wildman–Crippen MR) is 103 cm³/mol. The quantitative estimate of drug-likeness (QED) is 0.523. The number of hydrogen-bond acceptors (Lipinski definition) is 5. The van der Waals surface area contributed by atoms with Gasteiger partial charge in [0.1, 0.15) is 0 Å². The first-order valence-electron chi connectivity index (χ1n) is 8.84. The summed E-state index contributed by atoms with van der Waals surface area (Å²) >= 11 is 0. The summed E-state index contributed by atoms with van der Waals surface area (Å²) in [6.45, 7) is 9.58. The lowest BCUT2D eigenvalue weighted by Gasteiger charge is -2.36. The second-order valence-corrected chi connectivity index (χ2v) is 14.1. The van der Waals surface area contributed by atoms with Crippen molar-refractivity contribution in [1.82, 2.24) is 4.31 Å². The minimum absolute atomic E-state index is 0.276. The average Bonchev–Trinajstić information content (AvgIpc) is 2.59. The third kappa shape index (κ3) is 5.38. The molecule has 1 aromatic carbocycles. The number of sulfonamides is 1. The van der Waals surface area contributed by atoms with E-state index in [0.717, 1.165) is 5.56 Å². The summed E-state index contributed by atoms with van der Waals surface area (Å²) in [5, 5.41) is 9.56. The first kappa shape index (κ1) is 21.1. The molecule has 0 saturated carbocycles. The number of piperidine rings is 1. The summed E-state index contributed by atoms with van der Waals surface area (Å²) in [7, 11) is -5.14. The van der Waals surface area contributed by atoms with E-state index < -0.39 is 23.9 Å². The van der Waals surface area contributed by atoms with Crippen LogP contribution in [0.1, 0.15) is 18.4 Å². The van der Waals surface area contributed by atoms with Crippen LogP contribution in [0.3, 0.4) is 0 Å². The van der Waals surface area contributed by atoms with Crippen molar-refractivity contribution >= 4 is 18.3 Å². The zero-order valence-corrected chi connectivity index (χ0v) is 17.8. The van der Waals surface area contributed by atoms with Gasteiger partial charge < -0.3 is 9.16 Å². The molecule has 0 amide bonds. The summed E-state index contributed by atoms with van der Waals surface area (Å²) in [6.07, 6.45) is 0.725. The minimum Gasteiger partial charge on any atom is -0.415 e. The van der Waals surface area contributed by atoms with Gasteiger partial charge in [0, 0.05) is 25.9 Å². The molecule has 1 heterocycles. The Morgan fingerprint density at radius 2 is 1.73 bits per heavy atom. The van der Waals surface area contributed by atoms with Crippen LogP contribution >= 0.6 is 0 Å². The summed E-state index contributed by atoms with van der Waals surface area (Å²) in [5.41, 5.74) is 0.0854. The zero-order valence-electron chi connectivity index (χ0n) is 16.0. The fraction of sp³-hybridized carbons (Fsp3) is 0.611. The van der Waals surface area contributed by atoms with Gasteiger partial charge in [-0.2, -0.15) is 9.57 Å². The van der Waals surface area contributed by atoms with Crippen LogP contribution in [0.4, 0.5) is 0 Å². The summed E-state index contributed by atoms with van der Waals surface area (Å²) < 4.78 is 38.5. The highest BCUT2D eigenvalue weighted by molar-refractivity contribution is 7.89. The molecule has 1 aliphatic heterocycles. The average molecular weight is 397 g/mol. The fourth-order valence-corrected chi connectivity index (χ4v) is 4.96. The number of rotatable bonds is 7. The Labute approximate surface area is 157 Å². The van der Waals surface area contributed by atoms with Crippen molar-refractivity contribution in [2.75, 3.05) is 26.3 Å².